The second-order valence-corrected chi connectivity index (χ2v) is 9.12. The highest BCUT2D eigenvalue weighted by Gasteiger charge is 2.44. The van der Waals surface area contributed by atoms with E-state index in [2.05, 4.69) is 33.9 Å². The van der Waals surface area contributed by atoms with Gasteiger partial charge in [0.15, 0.2) is 0 Å². The number of carbonyl (C=O) groups is 1. The minimum absolute atomic E-state index is 0.0508. The number of amides is 1. The average molecular weight is 416 g/mol. The summed E-state index contributed by atoms with van der Waals surface area (Å²) in [5.41, 5.74) is 2.41. The molecule has 5 heterocycles. The lowest BCUT2D eigenvalue weighted by molar-refractivity contribution is -0.0713. The molecule has 1 unspecified atom stereocenters. The standard InChI is InChI=1S/C26H29N3O2/c30-25(29-12-4-5-13-29)22-17-21(16-20-6-2-1-3-7-20)24(27-18-22)8-11-26(31)19-28-14-9-23(26)10-15-28/h1-3,6-7,17-18,23,31H,4-5,9-10,12-16,19H2. The van der Waals surface area contributed by atoms with Crippen molar-refractivity contribution in [3.8, 4) is 11.8 Å². The zero-order chi connectivity index (χ0) is 21.3. The number of fused-ring (bicyclic) bond motifs is 3. The van der Waals surface area contributed by atoms with Gasteiger partial charge in [0, 0.05) is 38.2 Å². The molecule has 1 atom stereocenters. The Balaban J connectivity index is 1.47. The van der Waals surface area contributed by atoms with Gasteiger partial charge in [-0.25, -0.2) is 4.98 Å². The first-order valence-electron chi connectivity index (χ1n) is 11.4. The zero-order valence-electron chi connectivity index (χ0n) is 17.9. The Morgan fingerprint density at radius 3 is 2.55 bits per heavy atom. The molecule has 0 saturated carbocycles. The summed E-state index contributed by atoms with van der Waals surface area (Å²) < 4.78 is 0. The Bertz CT molecular complexity index is 1010. The van der Waals surface area contributed by atoms with E-state index in [1.54, 1.807) is 6.20 Å². The average Bonchev–Trinajstić information content (AvgIpc) is 3.34. The predicted molar refractivity (Wildman–Crippen MR) is 120 cm³/mol. The number of aliphatic hydroxyl groups is 1. The van der Waals surface area contributed by atoms with Gasteiger partial charge in [0.1, 0.15) is 11.3 Å². The zero-order valence-corrected chi connectivity index (χ0v) is 17.9. The summed E-state index contributed by atoms with van der Waals surface area (Å²) in [4.78, 5) is 21.7. The lowest BCUT2D eigenvalue weighted by Crippen LogP contribution is -2.58. The highest BCUT2D eigenvalue weighted by molar-refractivity contribution is 5.94. The number of aromatic nitrogens is 1. The molecule has 0 spiro atoms. The van der Waals surface area contributed by atoms with Crippen LogP contribution in [0.2, 0.25) is 0 Å². The fourth-order valence-electron chi connectivity index (χ4n) is 5.14. The Hall–Kier alpha value is -2.68. The van der Waals surface area contributed by atoms with Crippen molar-refractivity contribution >= 4 is 5.91 Å². The summed E-state index contributed by atoms with van der Waals surface area (Å²) in [7, 11) is 0. The number of benzene rings is 1. The molecule has 1 aromatic heterocycles. The Labute approximate surface area is 184 Å². The van der Waals surface area contributed by atoms with Gasteiger partial charge in [0.05, 0.1) is 5.56 Å². The number of pyridine rings is 1. The van der Waals surface area contributed by atoms with Crippen LogP contribution in [0.5, 0.6) is 0 Å². The molecule has 1 aromatic carbocycles. The minimum atomic E-state index is -0.966. The SMILES string of the molecule is O=C(c1cnc(C#CC2(O)CN3CCC2CC3)c(Cc2ccccc2)c1)N1CCCC1. The van der Waals surface area contributed by atoms with Gasteiger partial charge in [-0.2, -0.15) is 0 Å². The molecule has 5 heteroatoms. The van der Waals surface area contributed by atoms with Crippen LogP contribution in [-0.2, 0) is 6.42 Å². The number of hydrogen-bond donors (Lipinski definition) is 1. The second kappa shape index (κ2) is 8.45. The second-order valence-electron chi connectivity index (χ2n) is 9.12. The third-order valence-electron chi connectivity index (χ3n) is 6.97. The number of piperidine rings is 3. The molecule has 0 aliphatic carbocycles. The maximum atomic E-state index is 12.9. The van der Waals surface area contributed by atoms with Gasteiger partial charge >= 0.3 is 0 Å². The van der Waals surface area contributed by atoms with Gasteiger partial charge < -0.3 is 10.0 Å². The quantitative estimate of drug-likeness (QED) is 0.784. The van der Waals surface area contributed by atoms with E-state index in [1.165, 1.54) is 0 Å². The van der Waals surface area contributed by atoms with E-state index in [9.17, 15) is 9.90 Å². The van der Waals surface area contributed by atoms with Gasteiger partial charge in [-0.1, -0.05) is 36.3 Å². The molecule has 6 rings (SSSR count). The maximum absolute atomic E-state index is 12.9. The van der Waals surface area contributed by atoms with Crippen molar-refractivity contribution in [3.63, 3.8) is 0 Å². The van der Waals surface area contributed by atoms with E-state index in [1.807, 2.05) is 29.2 Å². The van der Waals surface area contributed by atoms with Crippen LogP contribution >= 0.6 is 0 Å². The van der Waals surface area contributed by atoms with Crippen LogP contribution in [-0.4, -0.2) is 64.1 Å². The van der Waals surface area contributed by atoms with Crippen molar-refractivity contribution in [2.75, 3.05) is 32.7 Å². The molecular formula is C26H29N3O2. The van der Waals surface area contributed by atoms with Gasteiger partial charge in [0.25, 0.3) is 5.91 Å². The summed E-state index contributed by atoms with van der Waals surface area (Å²) in [6, 6.07) is 12.1. The largest absolute Gasteiger partial charge is 0.376 e. The van der Waals surface area contributed by atoms with E-state index in [0.29, 0.717) is 24.2 Å². The fourth-order valence-corrected chi connectivity index (χ4v) is 5.14. The highest BCUT2D eigenvalue weighted by atomic mass is 16.3. The van der Waals surface area contributed by atoms with Crippen LogP contribution in [0.1, 0.15) is 52.9 Å². The van der Waals surface area contributed by atoms with E-state index < -0.39 is 5.60 Å². The minimum Gasteiger partial charge on any atom is -0.376 e. The monoisotopic (exact) mass is 415 g/mol. The van der Waals surface area contributed by atoms with E-state index in [4.69, 9.17) is 0 Å². The number of carbonyl (C=O) groups excluding carboxylic acids is 1. The van der Waals surface area contributed by atoms with Crippen LogP contribution in [0, 0.1) is 17.8 Å². The molecule has 4 aliphatic rings. The normalized spacial score (nSPS) is 27.1. The molecule has 1 N–H and O–H groups in total. The first-order valence-corrected chi connectivity index (χ1v) is 11.4. The molecule has 4 aliphatic heterocycles. The van der Waals surface area contributed by atoms with Gasteiger partial charge in [-0.3, -0.25) is 9.69 Å². The first-order chi connectivity index (χ1) is 15.1. The number of nitrogens with zero attached hydrogens (tertiary/aromatic N) is 3. The molecule has 4 saturated heterocycles. The predicted octanol–water partition coefficient (Wildman–Crippen LogP) is 2.72. The van der Waals surface area contributed by atoms with Gasteiger partial charge in [-0.05, 0) is 61.9 Å². The Kier molecular flexibility index (Phi) is 5.52. The number of hydrogen-bond acceptors (Lipinski definition) is 4. The first kappa shape index (κ1) is 20.2. The lowest BCUT2D eigenvalue weighted by atomic mass is 9.76. The molecule has 1 amide bonds. The van der Waals surface area contributed by atoms with Crippen molar-refractivity contribution in [2.45, 2.75) is 37.7 Å². The van der Waals surface area contributed by atoms with Crippen LogP contribution in [0.15, 0.2) is 42.6 Å². The third kappa shape index (κ3) is 4.23. The maximum Gasteiger partial charge on any atom is 0.255 e. The van der Waals surface area contributed by atoms with E-state index >= 15 is 0 Å². The molecule has 0 radical (unpaired) electrons. The molecular weight excluding hydrogens is 386 g/mol. The molecule has 2 bridgehead atoms. The van der Waals surface area contributed by atoms with Crippen molar-refractivity contribution in [2.24, 2.45) is 5.92 Å². The summed E-state index contributed by atoms with van der Waals surface area (Å²) in [6.45, 7) is 4.36. The van der Waals surface area contributed by atoms with Crippen molar-refractivity contribution < 1.29 is 9.90 Å². The number of rotatable bonds is 3. The third-order valence-corrected chi connectivity index (χ3v) is 6.97. The smallest absolute Gasteiger partial charge is 0.255 e. The molecule has 2 aromatic rings. The van der Waals surface area contributed by atoms with Crippen molar-refractivity contribution in [1.29, 1.82) is 0 Å². The fraction of sp³-hybridized carbons (Fsp3) is 0.462. The number of likely N-dealkylation sites (tertiary alicyclic amines) is 1. The summed E-state index contributed by atoms with van der Waals surface area (Å²) in [5.74, 6) is 6.67. The molecule has 5 nitrogen and oxygen atoms in total. The Morgan fingerprint density at radius 2 is 1.87 bits per heavy atom. The van der Waals surface area contributed by atoms with Crippen LogP contribution in [0.3, 0.4) is 0 Å². The molecule has 160 valence electrons. The molecule has 31 heavy (non-hydrogen) atoms. The summed E-state index contributed by atoms with van der Waals surface area (Å²) in [5, 5.41) is 11.2. The van der Waals surface area contributed by atoms with Crippen LogP contribution in [0.4, 0.5) is 0 Å². The van der Waals surface area contributed by atoms with Gasteiger partial charge in [-0.15, -0.1) is 0 Å². The van der Waals surface area contributed by atoms with Crippen molar-refractivity contribution in [1.82, 2.24) is 14.8 Å². The summed E-state index contributed by atoms with van der Waals surface area (Å²) in [6.07, 6.45) is 6.44. The van der Waals surface area contributed by atoms with Crippen LogP contribution < -0.4 is 0 Å². The molecule has 4 fully saturated rings. The van der Waals surface area contributed by atoms with E-state index in [0.717, 1.165) is 63.0 Å². The Morgan fingerprint density at radius 1 is 1.13 bits per heavy atom. The summed E-state index contributed by atoms with van der Waals surface area (Å²) >= 11 is 0. The van der Waals surface area contributed by atoms with Crippen LogP contribution in [0.25, 0.3) is 0 Å². The lowest BCUT2D eigenvalue weighted by Gasteiger charge is -2.47. The van der Waals surface area contributed by atoms with E-state index in [-0.39, 0.29) is 11.8 Å². The highest BCUT2D eigenvalue weighted by Crippen LogP contribution is 2.35. The van der Waals surface area contributed by atoms with Gasteiger partial charge in [0.2, 0.25) is 0 Å². The topological polar surface area (TPSA) is 56.7 Å². The van der Waals surface area contributed by atoms with Crippen molar-refractivity contribution in [3.05, 3.63) is 65.0 Å².